The molecule has 0 radical (unpaired) electrons. The number of aliphatic hydroxyl groups is 1. The Balaban J connectivity index is 2.74. The molecular formula is C16H13F5O. The Hall–Kier alpha value is -1.95. The molecule has 1 nitrogen and oxygen atoms in total. The van der Waals surface area contributed by atoms with Gasteiger partial charge in [-0.25, -0.2) is 22.0 Å². The minimum atomic E-state index is -2.19. The molecule has 2 atom stereocenters. The summed E-state index contributed by atoms with van der Waals surface area (Å²) in [5.41, 5.74) is -0.573. The van der Waals surface area contributed by atoms with Crippen LogP contribution in [0.4, 0.5) is 22.0 Å². The summed E-state index contributed by atoms with van der Waals surface area (Å²) >= 11 is 0. The molecule has 0 saturated carbocycles. The summed E-state index contributed by atoms with van der Waals surface area (Å²) in [5.74, 6) is -11.8. The first-order valence-corrected chi connectivity index (χ1v) is 6.57. The zero-order valence-corrected chi connectivity index (χ0v) is 11.6. The third-order valence-electron chi connectivity index (χ3n) is 3.57. The molecule has 0 spiro atoms. The summed E-state index contributed by atoms with van der Waals surface area (Å²) in [6.07, 6.45) is 0. The van der Waals surface area contributed by atoms with E-state index in [-0.39, 0.29) is 0 Å². The molecule has 0 bridgehead atoms. The van der Waals surface area contributed by atoms with E-state index >= 15 is 0 Å². The van der Waals surface area contributed by atoms with Crippen molar-refractivity contribution in [1.29, 1.82) is 0 Å². The maximum Gasteiger partial charge on any atom is 0.200 e. The first-order chi connectivity index (χ1) is 10.4. The number of hydrogen-bond donors (Lipinski definition) is 1. The molecule has 2 rings (SSSR count). The molecule has 1 N–H and O–H groups in total. The number of rotatable bonds is 4. The number of aliphatic hydroxyl groups excluding tert-OH is 1. The molecule has 0 heterocycles. The molecule has 0 aliphatic rings. The zero-order valence-electron chi connectivity index (χ0n) is 11.6. The Kier molecular flexibility index (Phi) is 4.81. The van der Waals surface area contributed by atoms with Crippen molar-refractivity contribution in [2.24, 2.45) is 5.92 Å². The van der Waals surface area contributed by atoms with Crippen molar-refractivity contribution in [3.63, 3.8) is 0 Å². The van der Waals surface area contributed by atoms with Crippen LogP contribution in [0.5, 0.6) is 0 Å². The summed E-state index contributed by atoms with van der Waals surface area (Å²) in [6, 6.07) is 7.84. The van der Waals surface area contributed by atoms with E-state index in [4.69, 9.17) is 0 Å². The molecule has 0 aromatic heterocycles. The molecule has 0 amide bonds. The van der Waals surface area contributed by atoms with Crippen LogP contribution in [0, 0.1) is 35.0 Å². The lowest BCUT2D eigenvalue weighted by Gasteiger charge is -2.25. The molecular weight excluding hydrogens is 303 g/mol. The number of halogens is 5. The maximum atomic E-state index is 14.0. The van der Waals surface area contributed by atoms with Crippen LogP contribution in [0.3, 0.4) is 0 Å². The third-order valence-corrected chi connectivity index (χ3v) is 3.57. The highest BCUT2D eigenvalue weighted by atomic mass is 19.2. The Bertz CT molecular complexity index is 643. The van der Waals surface area contributed by atoms with Gasteiger partial charge >= 0.3 is 0 Å². The Labute approximate surface area is 124 Å². The van der Waals surface area contributed by atoms with E-state index in [0.29, 0.717) is 5.56 Å². The first kappa shape index (κ1) is 16.4. The molecule has 0 aliphatic carbocycles. The second kappa shape index (κ2) is 6.44. The third kappa shape index (κ3) is 2.70. The largest absolute Gasteiger partial charge is 0.396 e. The van der Waals surface area contributed by atoms with Crippen molar-refractivity contribution in [2.45, 2.75) is 12.8 Å². The highest BCUT2D eigenvalue weighted by molar-refractivity contribution is 5.36. The summed E-state index contributed by atoms with van der Waals surface area (Å²) in [5, 5.41) is 9.30. The van der Waals surface area contributed by atoms with Gasteiger partial charge < -0.3 is 5.11 Å². The van der Waals surface area contributed by atoms with Crippen LogP contribution in [-0.4, -0.2) is 11.7 Å². The van der Waals surface area contributed by atoms with Crippen molar-refractivity contribution in [3.05, 3.63) is 70.5 Å². The molecule has 22 heavy (non-hydrogen) atoms. The van der Waals surface area contributed by atoms with Crippen molar-refractivity contribution < 1.29 is 27.1 Å². The minimum absolute atomic E-state index is 0.354. The van der Waals surface area contributed by atoms with Crippen LogP contribution >= 0.6 is 0 Å². The van der Waals surface area contributed by atoms with Gasteiger partial charge in [0, 0.05) is 18.1 Å². The molecule has 118 valence electrons. The Morgan fingerprint density at radius 3 is 1.73 bits per heavy atom. The van der Waals surface area contributed by atoms with Gasteiger partial charge in [-0.1, -0.05) is 37.3 Å². The monoisotopic (exact) mass is 316 g/mol. The molecule has 0 fully saturated rings. The molecule has 0 unspecified atom stereocenters. The smallest absolute Gasteiger partial charge is 0.200 e. The van der Waals surface area contributed by atoms with Crippen molar-refractivity contribution in [3.8, 4) is 0 Å². The average Bonchev–Trinajstić information content (AvgIpc) is 2.55. The van der Waals surface area contributed by atoms with Gasteiger partial charge in [0.1, 0.15) is 0 Å². The van der Waals surface area contributed by atoms with Crippen LogP contribution in [-0.2, 0) is 0 Å². The van der Waals surface area contributed by atoms with Crippen LogP contribution in [0.1, 0.15) is 24.0 Å². The quantitative estimate of drug-likeness (QED) is 0.510. The van der Waals surface area contributed by atoms with Gasteiger partial charge in [0.2, 0.25) is 5.82 Å². The standard InChI is InChI=1S/C16H13F5O/c1-8(7-22)10(9-5-3-2-4-6-9)11-12(17)14(19)16(21)15(20)13(11)18/h2-6,8,10,22H,7H2,1H3/t8-,10+/m0/s1. The van der Waals surface area contributed by atoms with Gasteiger partial charge in [-0.05, 0) is 11.5 Å². The fourth-order valence-corrected chi connectivity index (χ4v) is 2.44. The fraction of sp³-hybridized carbons (Fsp3) is 0.250. The highest BCUT2D eigenvalue weighted by Gasteiger charge is 2.33. The molecule has 0 aliphatic heterocycles. The van der Waals surface area contributed by atoms with Gasteiger partial charge in [-0.3, -0.25) is 0 Å². The molecule has 6 heteroatoms. The van der Waals surface area contributed by atoms with Crippen LogP contribution in [0.2, 0.25) is 0 Å². The normalized spacial score (nSPS) is 14.0. The average molecular weight is 316 g/mol. The predicted octanol–water partition coefficient (Wildman–Crippen LogP) is 4.14. The SMILES string of the molecule is C[C@@H](CO)[C@H](c1ccccc1)c1c(F)c(F)c(F)c(F)c1F. The van der Waals surface area contributed by atoms with E-state index in [2.05, 4.69) is 0 Å². The van der Waals surface area contributed by atoms with Gasteiger partial charge in [-0.2, -0.15) is 0 Å². The van der Waals surface area contributed by atoms with Crippen molar-refractivity contribution in [1.82, 2.24) is 0 Å². The van der Waals surface area contributed by atoms with E-state index in [0.717, 1.165) is 0 Å². The van der Waals surface area contributed by atoms with Gasteiger partial charge in [0.05, 0.1) is 0 Å². The lowest BCUT2D eigenvalue weighted by atomic mass is 9.81. The van der Waals surface area contributed by atoms with Crippen molar-refractivity contribution >= 4 is 0 Å². The van der Waals surface area contributed by atoms with E-state index in [1.165, 1.54) is 19.1 Å². The van der Waals surface area contributed by atoms with E-state index in [1.807, 2.05) is 0 Å². The molecule has 0 saturated heterocycles. The lowest BCUT2D eigenvalue weighted by Crippen LogP contribution is -2.20. The van der Waals surface area contributed by atoms with Crippen LogP contribution in [0.25, 0.3) is 0 Å². The Morgan fingerprint density at radius 2 is 1.27 bits per heavy atom. The second-order valence-electron chi connectivity index (χ2n) is 5.03. The second-order valence-corrected chi connectivity index (χ2v) is 5.03. The van der Waals surface area contributed by atoms with Gasteiger partial charge in [0.15, 0.2) is 23.3 Å². The minimum Gasteiger partial charge on any atom is -0.396 e. The van der Waals surface area contributed by atoms with Crippen molar-refractivity contribution in [2.75, 3.05) is 6.61 Å². The van der Waals surface area contributed by atoms with E-state index in [9.17, 15) is 27.1 Å². The van der Waals surface area contributed by atoms with Gasteiger partial charge in [-0.15, -0.1) is 0 Å². The Morgan fingerprint density at radius 1 is 0.818 bits per heavy atom. The fourth-order valence-electron chi connectivity index (χ4n) is 2.44. The molecule has 2 aromatic carbocycles. The highest BCUT2D eigenvalue weighted by Crippen LogP contribution is 2.37. The summed E-state index contributed by atoms with van der Waals surface area (Å²) in [4.78, 5) is 0. The summed E-state index contributed by atoms with van der Waals surface area (Å²) in [7, 11) is 0. The lowest BCUT2D eigenvalue weighted by molar-refractivity contribution is 0.221. The summed E-state index contributed by atoms with van der Waals surface area (Å²) < 4.78 is 68.1. The van der Waals surface area contributed by atoms with Crippen LogP contribution in [0.15, 0.2) is 30.3 Å². The number of benzene rings is 2. The van der Waals surface area contributed by atoms with Crippen LogP contribution < -0.4 is 0 Å². The topological polar surface area (TPSA) is 20.2 Å². The molecule has 2 aromatic rings. The van der Waals surface area contributed by atoms with Gasteiger partial charge in [0.25, 0.3) is 0 Å². The van der Waals surface area contributed by atoms with E-state index in [1.54, 1.807) is 18.2 Å². The predicted molar refractivity (Wildman–Crippen MR) is 70.8 cm³/mol. The van der Waals surface area contributed by atoms with E-state index < -0.39 is 53.1 Å². The zero-order chi connectivity index (χ0) is 16.4. The number of hydrogen-bond acceptors (Lipinski definition) is 1. The first-order valence-electron chi connectivity index (χ1n) is 6.57. The maximum absolute atomic E-state index is 14.0. The summed E-state index contributed by atoms with van der Waals surface area (Å²) in [6.45, 7) is 0.995.